The van der Waals surface area contributed by atoms with Crippen LogP contribution in [0.5, 0.6) is 11.5 Å². The number of aryl methyl sites for hydroxylation is 2. The van der Waals surface area contributed by atoms with Gasteiger partial charge in [0.2, 0.25) is 0 Å². The molecule has 0 aromatic heterocycles. The van der Waals surface area contributed by atoms with Crippen molar-refractivity contribution in [3.05, 3.63) is 86.3 Å². The molecule has 2 N–H and O–H groups in total. The molecule has 3 aromatic rings. The van der Waals surface area contributed by atoms with Crippen molar-refractivity contribution in [1.29, 1.82) is 0 Å². The quantitative estimate of drug-likeness (QED) is 0.237. The summed E-state index contributed by atoms with van der Waals surface area (Å²) in [5, 5.41) is 7.06. The van der Waals surface area contributed by atoms with E-state index in [4.69, 9.17) is 21.1 Å². The van der Waals surface area contributed by atoms with Gasteiger partial charge in [-0.25, -0.2) is 5.43 Å². The van der Waals surface area contributed by atoms with Gasteiger partial charge in [0, 0.05) is 16.3 Å². The van der Waals surface area contributed by atoms with E-state index >= 15 is 0 Å². The summed E-state index contributed by atoms with van der Waals surface area (Å²) >= 11 is 9.66. The third-order valence-electron chi connectivity index (χ3n) is 4.80. The van der Waals surface area contributed by atoms with Crippen molar-refractivity contribution >= 4 is 51.2 Å². The molecule has 9 heteroatoms. The SMILES string of the molecule is COc1cc(/C=N/NC(=O)C(=O)Nc2ccc(C)cc2C)cc(Br)c1OCc1ccccc1Cl. The zero-order chi connectivity index (χ0) is 24.7. The largest absolute Gasteiger partial charge is 0.493 e. The van der Waals surface area contributed by atoms with Crippen LogP contribution < -0.4 is 20.2 Å². The minimum Gasteiger partial charge on any atom is -0.493 e. The molecule has 0 fully saturated rings. The molecule has 0 spiro atoms. The lowest BCUT2D eigenvalue weighted by molar-refractivity contribution is -0.136. The normalized spacial score (nSPS) is 10.7. The second-order valence-corrected chi connectivity index (χ2v) is 8.65. The molecule has 0 unspecified atom stereocenters. The Morgan fingerprint density at radius 3 is 2.56 bits per heavy atom. The van der Waals surface area contributed by atoms with Crippen molar-refractivity contribution < 1.29 is 19.1 Å². The molecular formula is C25H23BrClN3O4. The van der Waals surface area contributed by atoms with Crippen LogP contribution in [-0.4, -0.2) is 25.1 Å². The Labute approximate surface area is 211 Å². The smallest absolute Gasteiger partial charge is 0.329 e. The number of ether oxygens (including phenoxy) is 2. The first-order valence-corrected chi connectivity index (χ1v) is 11.4. The number of carbonyl (C=O) groups excluding carboxylic acids is 2. The fourth-order valence-corrected chi connectivity index (χ4v) is 3.83. The summed E-state index contributed by atoms with van der Waals surface area (Å²) in [6, 6.07) is 16.4. The fraction of sp³-hybridized carbons (Fsp3) is 0.160. The van der Waals surface area contributed by atoms with E-state index in [9.17, 15) is 9.59 Å². The number of anilines is 1. The molecule has 34 heavy (non-hydrogen) atoms. The predicted molar refractivity (Wildman–Crippen MR) is 137 cm³/mol. The minimum absolute atomic E-state index is 0.258. The number of carbonyl (C=O) groups is 2. The first-order valence-electron chi connectivity index (χ1n) is 10.2. The lowest BCUT2D eigenvalue weighted by Gasteiger charge is -2.14. The molecule has 176 valence electrons. The van der Waals surface area contributed by atoms with Crippen molar-refractivity contribution in [2.45, 2.75) is 20.5 Å². The molecule has 0 aliphatic heterocycles. The Bertz CT molecular complexity index is 1250. The van der Waals surface area contributed by atoms with Gasteiger partial charge in [0.25, 0.3) is 0 Å². The van der Waals surface area contributed by atoms with Gasteiger partial charge in [-0.3, -0.25) is 9.59 Å². The van der Waals surface area contributed by atoms with Crippen LogP contribution in [0.25, 0.3) is 0 Å². The van der Waals surface area contributed by atoms with Gasteiger partial charge >= 0.3 is 11.8 Å². The summed E-state index contributed by atoms with van der Waals surface area (Å²) in [6.45, 7) is 4.06. The van der Waals surface area contributed by atoms with E-state index in [1.165, 1.54) is 13.3 Å². The first kappa shape index (κ1) is 25.3. The molecule has 0 aliphatic rings. The number of amides is 2. The molecule has 0 radical (unpaired) electrons. The minimum atomic E-state index is -0.887. The van der Waals surface area contributed by atoms with Crippen LogP contribution in [0.15, 0.2) is 64.2 Å². The highest BCUT2D eigenvalue weighted by atomic mass is 79.9. The van der Waals surface area contributed by atoms with E-state index in [1.54, 1.807) is 24.3 Å². The molecule has 0 atom stereocenters. The van der Waals surface area contributed by atoms with E-state index in [1.807, 2.05) is 44.2 Å². The average molecular weight is 545 g/mol. The number of hydrogen-bond acceptors (Lipinski definition) is 5. The zero-order valence-corrected chi connectivity index (χ0v) is 21.2. The highest BCUT2D eigenvalue weighted by Crippen LogP contribution is 2.37. The lowest BCUT2D eigenvalue weighted by Crippen LogP contribution is -2.32. The van der Waals surface area contributed by atoms with Gasteiger partial charge in [-0.2, -0.15) is 5.10 Å². The number of methoxy groups -OCH3 is 1. The molecule has 3 rings (SSSR count). The molecule has 3 aromatic carbocycles. The monoisotopic (exact) mass is 543 g/mol. The summed E-state index contributed by atoms with van der Waals surface area (Å²) in [4.78, 5) is 24.3. The second kappa shape index (κ2) is 11.7. The van der Waals surface area contributed by atoms with Crippen LogP contribution in [0.3, 0.4) is 0 Å². The van der Waals surface area contributed by atoms with Gasteiger partial charge in [-0.05, 0) is 65.2 Å². The number of rotatable bonds is 7. The number of hydrogen-bond donors (Lipinski definition) is 2. The number of benzene rings is 3. The van der Waals surface area contributed by atoms with E-state index in [0.29, 0.717) is 32.2 Å². The van der Waals surface area contributed by atoms with Gasteiger partial charge in [0.1, 0.15) is 6.61 Å². The van der Waals surface area contributed by atoms with Gasteiger partial charge in [0.15, 0.2) is 11.5 Å². The number of hydrazone groups is 1. The first-order chi connectivity index (χ1) is 16.3. The Hall–Kier alpha value is -3.36. The highest BCUT2D eigenvalue weighted by molar-refractivity contribution is 9.10. The summed E-state index contributed by atoms with van der Waals surface area (Å²) in [5.41, 5.74) is 6.16. The predicted octanol–water partition coefficient (Wildman–Crippen LogP) is 5.40. The van der Waals surface area contributed by atoms with Crippen molar-refractivity contribution in [1.82, 2.24) is 5.43 Å². The molecule has 0 bridgehead atoms. The molecule has 0 saturated carbocycles. The van der Waals surface area contributed by atoms with E-state index in [0.717, 1.165) is 16.7 Å². The molecular weight excluding hydrogens is 522 g/mol. The van der Waals surface area contributed by atoms with Crippen LogP contribution in [-0.2, 0) is 16.2 Å². The maximum Gasteiger partial charge on any atom is 0.329 e. The lowest BCUT2D eigenvalue weighted by atomic mass is 10.1. The topological polar surface area (TPSA) is 89.0 Å². The van der Waals surface area contributed by atoms with E-state index in [2.05, 4.69) is 31.8 Å². The van der Waals surface area contributed by atoms with E-state index in [-0.39, 0.29) is 6.61 Å². The highest BCUT2D eigenvalue weighted by Gasteiger charge is 2.15. The summed E-state index contributed by atoms with van der Waals surface area (Å²) < 4.78 is 12.0. The summed E-state index contributed by atoms with van der Waals surface area (Å²) in [6.07, 6.45) is 1.40. The van der Waals surface area contributed by atoms with Crippen LogP contribution in [0.1, 0.15) is 22.3 Å². The third kappa shape index (κ3) is 6.59. The van der Waals surface area contributed by atoms with Crippen LogP contribution in [0.4, 0.5) is 5.69 Å². The number of nitrogens with one attached hydrogen (secondary N) is 2. The maximum absolute atomic E-state index is 12.2. The van der Waals surface area contributed by atoms with Crippen molar-refractivity contribution in [2.24, 2.45) is 5.10 Å². The summed E-state index contributed by atoms with van der Waals surface area (Å²) in [5.74, 6) is -0.744. The van der Waals surface area contributed by atoms with Gasteiger partial charge in [-0.1, -0.05) is 47.5 Å². The number of halogens is 2. The second-order valence-electron chi connectivity index (χ2n) is 7.39. The maximum atomic E-state index is 12.2. The van der Waals surface area contributed by atoms with E-state index < -0.39 is 11.8 Å². The van der Waals surface area contributed by atoms with Crippen LogP contribution in [0, 0.1) is 13.8 Å². The van der Waals surface area contributed by atoms with Crippen molar-refractivity contribution in [3.8, 4) is 11.5 Å². The van der Waals surface area contributed by atoms with Crippen LogP contribution in [0.2, 0.25) is 5.02 Å². The van der Waals surface area contributed by atoms with Gasteiger partial charge < -0.3 is 14.8 Å². The van der Waals surface area contributed by atoms with Gasteiger partial charge in [0.05, 0.1) is 17.8 Å². The van der Waals surface area contributed by atoms with Crippen molar-refractivity contribution in [3.63, 3.8) is 0 Å². The van der Waals surface area contributed by atoms with Crippen LogP contribution >= 0.6 is 27.5 Å². The molecule has 2 amide bonds. The fourth-order valence-electron chi connectivity index (χ4n) is 3.07. The Kier molecular flexibility index (Phi) is 8.67. The number of nitrogens with zero attached hydrogens (tertiary/aromatic N) is 1. The molecule has 0 heterocycles. The Morgan fingerprint density at radius 2 is 1.85 bits per heavy atom. The zero-order valence-electron chi connectivity index (χ0n) is 18.8. The Balaban J connectivity index is 1.63. The average Bonchev–Trinajstić information content (AvgIpc) is 2.80. The standard InChI is InChI=1S/C25H23BrClN3O4/c1-15-8-9-21(16(2)10-15)29-24(31)25(32)30-28-13-17-11-19(26)23(22(12-17)33-3)34-14-18-6-4-5-7-20(18)27/h4-13H,14H2,1-3H3,(H,29,31)(H,30,32)/b28-13+. The summed E-state index contributed by atoms with van der Waals surface area (Å²) in [7, 11) is 1.52. The third-order valence-corrected chi connectivity index (χ3v) is 5.76. The molecule has 7 nitrogen and oxygen atoms in total. The molecule has 0 saturated heterocycles. The molecule has 0 aliphatic carbocycles. The van der Waals surface area contributed by atoms with Crippen molar-refractivity contribution in [2.75, 3.05) is 12.4 Å². The Morgan fingerprint density at radius 1 is 1.09 bits per heavy atom. The van der Waals surface area contributed by atoms with Gasteiger partial charge in [-0.15, -0.1) is 0 Å².